The highest BCUT2D eigenvalue weighted by Gasteiger charge is 2.33. The van der Waals surface area contributed by atoms with Gasteiger partial charge in [0, 0.05) is 29.2 Å². The molecule has 1 unspecified atom stereocenters. The average Bonchev–Trinajstić information content (AvgIpc) is 2.95. The van der Waals surface area contributed by atoms with E-state index in [-0.39, 0.29) is 17.2 Å². The molecule has 3 rings (SSSR count). The Morgan fingerprint density at radius 1 is 1.12 bits per heavy atom. The molecule has 6 nitrogen and oxygen atoms in total. The summed E-state index contributed by atoms with van der Waals surface area (Å²) in [6.07, 6.45) is 0.127. The van der Waals surface area contributed by atoms with Gasteiger partial charge in [0.05, 0.1) is 12.0 Å². The molecule has 1 heterocycles. The molecule has 1 aliphatic heterocycles. The Morgan fingerprint density at radius 2 is 1.76 bits per heavy atom. The van der Waals surface area contributed by atoms with Crippen molar-refractivity contribution in [1.29, 1.82) is 0 Å². The van der Waals surface area contributed by atoms with Crippen molar-refractivity contribution in [3.63, 3.8) is 0 Å². The number of methoxy groups -OCH3 is 1. The quantitative estimate of drug-likeness (QED) is 0.799. The number of rotatable bonds is 5. The first-order valence-corrected chi connectivity index (χ1v) is 9.89. The molecule has 0 bridgehead atoms. The molecule has 1 amide bonds. The molecule has 0 aromatic heterocycles. The number of sulfonamides is 1. The van der Waals surface area contributed by atoms with Crippen molar-refractivity contribution in [3.8, 4) is 5.75 Å². The molecular formula is C17H17BrN2O4S. The number of hydrogen-bond donors (Lipinski definition) is 1. The summed E-state index contributed by atoms with van der Waals surface area (Å²) in [4.78, 5) is 14.0. The molecule has 0 saturated carbocycles. The van der Waals surface area contributed by atoms with Crippen molar-refractivity contribution >= 4 is 37.5 Å². The molecular weight excluding hydrogens is 408 g/mol. The normalized spacial score (nSPS) is 17.8. The van der Waals surface area contributed by atoms with Crippen LogP contribution in [0, 0.1) is 0 Å². The lowest BCUT2D eigenvalue weighted by Crippen LogP contribution is -2.37. The Balaban J connectivity index is 1.72. The predicted octanol–water partition coefficient (Wildman–Crippen LogP) is 2.54. The Labute approximate surface area is 155 Å². The summed E-state index contributed by atoms with van der Waals surface area (Å²) in [6, 6.07) is 13.0. The van der Waals surface area contributed by atoms with Crippen molar-refractivity contribution in [3.05, 3.63) is 53.0 Å². The molecule has 1 atom stereocenters. The van der Waals surface area contributed by atoms with Gasteiger partial charge in [0.2, 0.25) is 15.9 Å². The summed E-state index contributed by atoms with van der Waals surface area (Å²) < 4.78 is 33.4. The second kappa shape index (κ2) is 7.15. The van der Waals surface area contributed by atoms with Gasteiger partial charge < -0.3 is 9.64 Å². The maximum absolute atomic E-state index is 12.5. The Kier molecular flexibility index (Phi) is 5.12. The van der Waals surface area contributed by atoms with Crippen LogP contribution in [0.25, 0.3) is 0 Å². The lowest BCUT2D eigenvalue weighted by atomic mass is 10.3. The van der Waals surface area contributed by atoms with E-state index in [0.29, 0.717) is 12.3 Å². The zero-order chi connectivity index (χ0) is 18.0. The third-order valence-corrected chi connectivity index (χ3v) is 6.02. The first-order chi connectivity index (χ1) is 11.9. The van der Waals surface area contributed by atoms with Crippen molar-refractivity contribution in [1.82, 2.24) is 4.72 Å². The fourth-order valence-electron chi connectivity index (χ4n) is 2.70. The molecule has 132 valence electrons. The fourth-order valence-corrected chi connectivity index (χ4v) is 4.19. The van der Waals surface area contributed by atoms with Crippen LogP contribution in [0.3, 0.4) is 0 Å². The maximum atomic E-state index is 12.5. The number of ether oxygens (including phenoxy) is 1. The van der Waals surface area contributed by atoms with E-state index >= 15 is 0 Å². The van der Waals surface area contributed by atoms with E-state index in [1.54, 1.807) is 48.4 Å². The Morgan fingerprint density at radius 3 is 2.36 bits per heavy atom. The molecule has 1 saturated heterocycles. The second-order valence-electron chi connectivity index (χ2n) is 5.68. The van der Waals surface area contributed by atoms with Crippen molar-refractivity contribution in [2.45, 2.75) is 17.4 Å². The van der Waals surface area contributed by atoms with E-state index in [9.17, 15) is 13.2 Å². The molecule has 25 heavy (non-hydrogen) atoms. The average molecular weight is 425 g/mol. The van der Waals surface area contributed by atoms with Gasteiger partial charge in [0.25, 0.3) is 0 Å². The minimum atomic E-state index is -3.67. The van der Waals surface area contributed by atoms with Crippen LogP contribution in [-0.4, -0.2) is 34.0 Å². The highest BCUT2D eigenvalue weighted by atomic mass is 79.9. The van der Waals surface area contributed by atoms with Gasteiger partial charge in [-0.15, -0.1) is 0 Å². The van der Waals surface area contributed by atoms with Crippen LogP contribution in [0.5, 0.6) is 5.75 Å². The minimum absolute atomic E-state index is 0.117. The van der Waals surface area contributed by atoms with Crippen molar-refractivity contribution in [2.75, 3.05) is 18.6 Å². The molecule has 0 spiro atoms. The summed E-state index contributed by atoms with van der Waals surface area (Å²) in [5.74, 6) is 0.580. The first kappa shape index (κ1) is 17.9. The molecule has 8 heteroatoms. The van der Waals surface area contributed by atoms with Gasteiger partial charge in [0.15, 0.2) is 0 Å². The number of hydrogen-bond acceptors (Lipinski definition) is 4. The minimum Gasteiger partial charge on any atom is -0.497 e. The van der Waals surface area contributed by atoms with Gasteiger partial charge in [0.1, 0.15) is 5.75 Å². The lowest BCUT2D eigenvalue weighted by Gasteiger charge is -2.17. The molecule has 1 fully saturated rings. The van der Waals surface area contributed by atoms with Crippen LogP contribution in [0.15, 0.2) is 57.9 Å². The van der Waals surface area contributed by atoms with Crippen LogP contribution in [0.1, 0.15) is 6.42 Å². The molecule has 0 radical (unpaired) electrons. The third-order valence-electron chi connectivity index (χ3n) is 3.95. The topological polar surface area (TPSA) is 75.7 Å². The fraction of sp³-hybridized carbons (Fsp3) is 0.235. The number of nitrogens with zero attached hydrogens (tertiary/aromatic N) is 1. The van der Waals surface area contributed by atoms with Gasteiger partial charge in [-0.05, 0) is 48.5 Å². The van der Waals surface area contributed by atoms with Crippen LogP contribution >= 0.6 is 15.9 Å². The lowest BCUT2D eigenvalue weighted by molar-refractivity contribution is -0.117. The summed E-state index contributed by atoms with van der Waals surface area (Å²) in [7, 11) is -2.10. The van der Waals surface area contributed by atoms with Gasteiger partial charge in [-0.25, -0.2) is 13.1 Å². The molecule has 2 aromatic carbocycles. The summed E-state index contributed by atoms with van der Waals surface area (Å²) in [5.41, 5.74) is 0.719. The van der Waals surface area contributed by atoms with E-state index in [1.807, 2.05) is 0 Å². The Bertz CT molecular complexity index is 867. The van der Waals surface area contributed by atoms with Crippen LogP contribution in [0.2, 0.25) is 0 Å². The zero-order valence-electron chi connectivity index (χ0n) is 13.5. The van der Waals surface area contributed by atoms with E-state index < -0.39 is 16.1 Å². The van der Waals surface area contributed by atoms with Crippen molar-refractivity contribution < 1.29 is 17.9 Å². The number of nitrogens with one attached hydrogen (secondary N) is 1. The molecule has 1 aliphatic rings. The number of benzene rings is 2. The summed E-state index contributed by atoms with van der Waals surface area (Å²) in [6.45, 7) is 0.293. The predicted molar refractivity (Wildman–Crippen MR) is 98.2 cm³/mol. The van der Waals surface area contributed by atoms with Crippen LogP contribution < -0.4 is 14.4 Å². The third kappa shape index (κ3) is 4.02. The van der Waals surface area contributed by atoms with E-state index in [4.69, 9.17) is 4.74 Å². The monoisotopic (exact) mass is 424 g/mol. The van der Waals surface area contributed by atoms with E-state index in [2.05, 4.69) is 20.7 Å². The second-order valence-corrected chi connectivity index (χ2v) is 8.31. The van der Waals surface area contributed by atoms with Gasteiger partial charge in [-0.1, -0.05) is 15.9 Å². The van der Waals surface area contributed by atoms with E-state index in [0.717, 1.165) is 10.2 Å². The Hall–Kier alpha value is -1.90. The number of carbonyl (C=O) groups is 1. The molecule has 2 aromatic rings. The highest BCUT2D eigenvalue weighted by Crippen LogP contribution is 2.25. The standard InChI is InChI=1S/C17H17BrN2O4S/c1-24-15-6-4-14(5-7-15)20-11-13(10-17(20)21)19-25(22,23)16-8-2-12(18)3-9-16/h2-9,13,19H,10-11H2,1H3. The summed E-state index contributed by atoms with van der Waals surface area (Å²) in [5, 5.41) is 0. The van der Waals surface area contributed by atoms with E-state index in [1.165, 1.54) is 12.1 Å². The van der Waals surface area contributed by atoms with Crippen LogP contribution in [0.4, 0.5) is 5.69 Å². The number of halogens is 1. The van der Waals surface area contributed by atoms with Gasteiger partial charge >= 0.3 is 0 Å². The number of amides is 1. The SMILES string of the molecule is COc1ccc(N2CC(NS(=O)(=O)c3ccc(Br)cc3)CC2=O)cc1. The van der Waals surface area contributed by atoms with Crippen molar-refractivity contribution in [2.24, 2.45) is 0 Å². The highest BCUT2D eigenvalue weighted by molar-refractivity contribution is 9.10. The van der Waals surface area contributed by atoms with Gasteiger partial charge in [-0.2, -0.15) is 0 Å². The number of anilines is 1. The molecule has 1 N–H and O–H groups in total. The number of carbonyl (C=O) groups excluding carboxylic acids is 1. The smallest absolute Gasteiger partial charge is 0.240 e. The largest absolute Gasteiger partial charge is 0.497 e. The first-order valence-electron chi connectivity index (χ1n) is 7.61. The molecule has 0 aliphatic carbocycles. The zero-order valence-corrected chi connectivity index (χ0v) is 15.9. The summed E-state index contributed by atoms with van der Waals surface area (Å²) >= 11 is 3.28. The van der Waals surface area contributed by atoms with Crippen LogP contribution in [-0.2, 0) is 14.8 Å². The maximum Gasteiger partial charge on any atom is 0.240 e. The van der Waals surface area contributed by atoms with Gasteiger partial charge in [-0.3, -0.25) is 4.79 Å².